The van der Waals surface area contributed by atoms with E-state index in [2.05, 4.69) is 83.5 Å². The fraction of sp³-hybridized carbons (Fsp3) is 0.536. The molecule has 33 heavy (non-hydrogen) atoms. The molecule has 4 aliphatic rings. The van der Waals surface area contributed by atoms with Crippen molar-refractivity contribution in [1.29, 1.82) is 0 Å². The number of hydrogen-bond donors (Lipinski definition) is 0. The predicted octanol–water partition coefficient (Wildman–Crippen LogP) is 5.29. The van der Waals surface area contributed by atoms with Crippen LogP contribution in [0, 0.1) is 0 Å². The molecule has 1 aromatic heterocycles. The SMILES string of the molecule is CC=CN1CC2(CCN(Cc3ccc(CN4C=CC=C(C)CC4)o3)CC2)N=C2C=CCCC21. The van der Waals surface area contributed by atoms with E-state index in [1.165, 1.54) is 17.7 Å². The summed E-state index contributed by atoms with van der Waals surface area (Å²) in [4.78, 5) is 12.8. The first-order valence-electron chi connectivity index (χ1n) is 12.7. The van der Waals surface area contributed by atoms with Gasteiger partial charge in [0, 0.05) is 26.2 Å². The first kappa shape index (κ1) is 22.3. The molecule has 5 nitrogen and oxygen atoms in total. The van der Waals surface area contributed by atoms with Crippen molar-refractivity contribution in [1.82, 2.24) is 14.7 Å². The zero-order valence-corrected chi connectivity index (χ0v) is 20.2. The Labute approximate surface area is 198 Å². The average molecular weight is 447 g/mol. The van der Waals surface area contributed by atoms with Crippen LogP contribution in [0.15, 0.2) is 69.9 Å². The monoisotopic (exact) mass is 446 g/mol. The molecule has 1 fully saturated rings. The van der Waals surface area contributed by atoms with Gasteiger partial charge in [-0.3, -0.25) is 9.89 Å². The Morgan fingerprint density at radius 2 is 1.97 bits per heavy atom. The Morgan fingerprint density at radius 3 is 2.79 bits per heavy atom. The lowest BCUT2D eigenvalue weighted by molar-refractivity contribution is 0.111. The highest BCUT2D eigenvalue weighted by atomic mass is 16.3. The Bertz CT molecular complexity index is 974. The van der Waals surface area contributed by atoms with Crippen molar-refractivity contribution >= 4 is 5.71 Å². The van der Waals surface area contributed by atoms with Crippen molar-refractivity contribution in [2.45, 2.75) is 70.6 Å². The van der Waals surface area contributed by atoms with Crippen molar-refractivity contribution in [3.8, 4) is 0 Å². The van der Waals surface area contributed by atoms with Crippen molar-refractivity contribution in [2.24, 2.45) is 4.99 Å². The lowest BCUT2D eigenvalue weighted by atomic mass is 9.83. The normalized spacial score (nSPS) is 25.3. The van der Waals surface area contributed by atoms with Crippen LogP contribution in [-0.4, -0.2) is 58.2 Å². The van der Waals surface area contributed by atoms with E-state index >= 15 is 0 Å². The number of piperidine rings is 1. The van der Waals surface area contributed by atoms with Gasteiger partial charge >= 0.3 is 0 Å². The molecule has 0 radical (unpaired) electrons. The van der Waals surface area contributed by atoms with Gasteiger partial charge in [0.05, 0.1) is 30.4 Å². The van der Waals surface area contributed by atoms with Crippen molar-refractivity contribution in [3.05, 3.63) is 72.0 Å². The van der Waals surface area contributed by atoms with Gasteiger partial charge in [0.1, 0.15) is 11.5 Å². The molecule has 0 aromatic carbocycles. The second-order valence-electron chi connectivity index (χ2n) is 10.1. The van der Waals surface area contributed by atoms with E-state index in [1.807, 2.05) is 0 Å². The van der Waals surface area contributed by atoms with Gasteiger partial charge in [0.2, 0.25) is 0 Å². The predicted molar refractivity (Wildman–Crippen MR) is 135 cm³/mol. The fourth-order valence-corrected chi connectivity index (χ4v) is 5.62. The van der Waals surface area contributed by atoms with E-state index in [-0.39, 0.29) is 5.54 Å². The highest BCUT2D eigenvalue weighted by molar-refractivity contribution is 6.00. The van der Waals surface area contributed by atoms with E-state index in [9.17, 15) is 0 Å². The molecule has 1 aromatic rings. The second-order valence-corrected chi connectivity index (χ2v) is 10.1. The van der Waals surface area contributed by atoms with E-state index in [4.69, 9.17) is 9.41 Å². The Kier molecular flexibility index (Phi) is 6.59. The summed E-state index contributed by atoms with van der Waals surface area (Å²) in [6, 6.07) is 4.78. The van der Waals surface area contributed by atoms with Crippen LogP contribution in [0.4, 0.5) is 0 Å². The minimum Gasteiger partial charge on any atom is -0.463 e. The smallest absolute Gasteiger partial charge is 0.123 e. The van der Waals surface area contributed by atoms with Crippen LogP contribution in [0.2, 0.25) is 0 Å². The Balaban J connectivity index is 1.18. The zero-order chi connectivity index (χ0) is 22.7. The third kappa shape index (κ3) is 5.19. The maximum Gasteiger partial charge on any atom is 0.123 e. The van der Waals surface area contributed by atoms with Crippen LogP contribution >= 0.6 is 0 Å². The van der Waals surface area contributed by atoms with Gasteiger partial charge in [-0.2, -0.15) is 0 Å². The van der Waals surface area contributed by atoms with Crippen LogP contribution in [0.5, 0.6) is 0 Å². The first-order chi connectivity index (χ1) is 16.1. The van der Waals surface area contributed by atoms with Crippen LogP contribution < -0.4 is 0 Å². The molecule has 3 aliphatic heterocycles. The number of allylic oxidation sites excluding steroid dienone is 4. The fourth-order valence-electron chi connectivity index (χ4n) is 5.62. The summed E-state index contributed by atoms with van der Waals surface area (Å²) in [7, 11) is 0. The topological polar surface area (TPSA) is 35.2 Å². The summed E-state index contributed by atoms with van der Waals surface area (Å²) < 4.78 is 6.23. The number of fused-ring (bicyclic) bond motifs is 1. The second kappa shape index (κ2) is 9.76. The number of likely N-dealkylation sites (tertiary alicyclic amines) is 1. The van der Waals surface area contributed by atoms with Crippen LogP contribution in [0.1, 0.15) is 57.5 Å². The molecule has 5 heteroatoms. The Hall–Kier alpha value is -2.53. The molecular formula is C28H38N4O. The maximum absolute atomic E-state index is 6.23. The lowest BCUT2D eigenvalue weighted by Crippen LogP contribution is -2.56. The Morgan fingerprint density at radius 1 is 1.15 bits per heavy atom. The molecule has 1 spiro atoms. The molecule has 5 rings (SSSR count). The van der Waals surface area contributed by atoms with Gasteiger partial charge in [0.25, 0.3) is 0 Å². The zero-order valence-electron chi connectivity index (χ0n) is 20.2. The standard InChI is InChI=1S/C28H38N4O/c1-3-15-32-22-28(29-26-8-4-5-9-27(26)32)13-18-31(19-14-28)21-25-11-10-24(33-25)20-30-16-6-7-23(2)12-17-30/h3-4,6-8,10-11,15-16,27H,5,9,12-14,17-22H2,1-2H3. The number of hydrogen-bond acceptors (Lipinski definition) is 5. The summed E-state index contributed by atoms with van der Waals surface area (Å²) in [5.74, 6) is 2.13. The van der Waals surface area contributed by atoms with Crippen molar-refractivity contribution in [2.75, 3.05) is 26.2 Å². The van der Waals surface area contributed by atoms with Gasteiger partial charge in [-0.05, 0) is 82.6 Å². The molecule has 1 saturated heterocycles. The quantitative estimate of drug-likeness (QED) is 0.616. The number of rotatable bonds is 5. The summed E-state index contributed by atoms with van der Waals surface area (Å²) >= 11 is 0. The van der Waals surface area contributed by atoms with Gasteiger partial charge in [-0.25, -0.2) is 0 Å². The summed E-state index contributed by atoms with van der Waals surface area (Å²) in [6.45, 7) is 10.3. The highest BCUT2D eigenvalue weighted by Crippen LogP contribution is 2.35. The molecule has 0 saturated carbocycles. The van der Waals surface area contributed by atoms with Gasteiger partial charge in [-0.1, -0.05) is 23.8 Å². The molecule has 0 amide bonds. The van der Waals surface area contributed by atoms with Gasteiger partial charge < -0.3 is 14.2 Å². The van der Waals surface area contributed by atoms with Crippen LogP contribution in [0.25, 0.3) is 0 Å². The molecule has 1 atom stereocenters. The molecule has 1 unspecified atom stereocenters. The number of aliphatic imine (C=N–C) groups is 1. The molecule has 0 bridgehead atoms. The average Bonchev–Trinajstić information content (AvgIpc) is 3.15. The summed E-state index contributed by atoms with van der Waals surface area (Å²) in [5, 5.41) is 0. The molecule has 176 valence electrons. The van der Waals surface area contributed by atoms with E-state index in [0.29, 0.717) is 6.04 Å². The third-order valence-electron chi connectivity index (χ3n) is 7.53. The molecule has 0 N–H and O–H groups in total. The third-order valence-corrected chi connectivity index (χ3v) is 7.53. The largest absolute Gasteiger partial charge is 0.463 e. The lowest BCUT2D eigenvalue weighted by Gasteiger charge is -2.48. The van der Waals surface area contributed by atoms with Gasteiger partial charge in [0.15, 0.2) is 0 Å². The van der Waals surface area contributed by atoms with Crippen molar-refractivity contribution < 1.29 is 4.42 Å². The first-order valence-corrected chi connectivity index (χ1v) is 12.7. The van der Waals surface area contributed by atoms with E-state index in [1.54, 1.807) is 0 Å². The number of furan rings is 1. The van der Waals surface area contributed by atoms with E-state index in [0.717, 1.165) is 76.5 Å². The summed E-state index contributed by atoms with van der Waals surface area (Å²) in [6.07, 6.45) is 21.3. The molecule has 4 heterocycles. The molecular weight excluding hydrogens is 408 g/mol. The minimum atomic E-state index is 0.0587. The molecule has 1 aliphatic carbocycles. The van der Waals surface area contributed by atoms with Crippen LogP contribution in [-0.2, 0) is 13.1 Å². The minimum absolute atomic E-state index is 0.0587. The maximum atomic E-state index is 6.23. The van der Waals surface area contributed by atoms with Crippen molar-refractivity contribution in [3.63, 3.8) is 0 Å². The van der Waals surface area contributed by atoms with Gasteiger partial charge in [-0.15, -0.1) is 0 Å². The van der Waals surface area contributed by atoms with E-state index < -0.39 is 0 Å². The number of nitrogens with zero attached hydrogens (tertiary/aromatic N) is 4. The highest BCUT2D eigenvalue weighted by Gasteiger charge is 2.41. The summed E-state index contributed by atoms with van der Waals surface area (Å²) in [5.41, 5.74) is 2.79. The van der Waals surface area contributed by atoms with Crippen LogP contribution in [0.3, 0.4) is 0 Å².